The molecule has 10 heavy (non-hydrogen) atoms. The van der Waals surface area contributed by atoms with E-state index in [1.807, 2.05) is 6.92 Å². The van der Waals surface area contributed by atoms with E-state index in [9.17, 15) is 0 Å². The van der Waals surface area contributed by atoms with E-state index in [1.54, 1.807) is 0 Å². The molecule has 0 radical (unpaired) electrons. The van der Waals surface area contributed by atoms with Crippen molar-refractivity contribution in [3.63, 3.8) is 0 Å². The van der Waals surface area contributed by atoms with E-state index in [4.69, 9.17) is 16.6 Å². The first-order valence-electron chi connectivity index (χ1n) is 3.52. The Balaban J connectivity index is 3.50. The molecule has 2 unspecified atom stereocenters. The Morgan fingerprint density at radius 1 is 1.40 bits per heavy atom. The quantitative estimate of drug-likeness (QED) is 0.562. The van der Waals surface area contributed by atoms with Crippen LogP contribution < -0.4 is 0 Å². The van der Waals surface area contributed by atoms with Crippen LogP contribution in [0, 0.1) is 12.3 Å². The van der Waals surface area contributed by atoms with Crippen LogP contribution in [-0.4, -0.2) is 22.4 Å². The first kappa shape index (κ1) is 9.48. The molecule has 0 aliphatic rings. The Labute approximate surface area is 61.9 Å². The molecule has 2 N–H and O–H groups in total. The van der Waals surface area contributed by atoms with E-state index in [1.165, 1.54) is 0 Å². The summed E-state index contributed by atoms with van der Waals surface area (Å²) in [6, 6.07) is 0. The van der Waals surface area contributed by atoms with Gasteiger partial charge in [0.25, 0.3) is 0 Å². The van der Waals surface area contributed by atoms with E-state index >= 15 is 0 Å². The summed E-state index contributed by atoms with van der Waals surface area (Å²) < 4.78 is 0. The molecule has 0 aromatic heterocycles. The van der Waals surface area contributed by atoms with Crippen molar-refractivity contribution in [2.75, 3.05) is 0 Å². The molecule has 58 valence electrons. The average molecular weight is 142 g/mol. The van der Waals surface area contributed by atoms with E-state index < -0.39 is 12.2 Å². The predicted octanol–water partition coefficient (Wildman–Crippen LogP) is 0.532. The molecule has 0 fully saturated rings. The van der Waals surface area contributed by atoms with Crippen LogP contribution in [0.2, 0.25) is 0 Å². The smallest absolute Gasteiger partial charge is 0.0907 e. The van der Waals surface area contributed by atoms with Gasteiger partial charge >= 0.3 is 0 Å². The number of rotatable bonds is 4. The lowest BCUT2D eigenvalue weighted by molar-refractivity contribution is 0.0176. The lowest BCUT2D eigenvalue weighted by Gasteiger charge is -2.13. The molecule has 0 aromatic rings. The molecule has 0 aliphatic carbocycles. The molecule has 0 bridgehead atoms. The highest BCUT2D eigenvalue weighted by atomic mass is 16.3. The van der Waals surface area contributed by atoms with Crippen LogP contribution in [0.15, 0.2) is 0 Å². The topological polar surface area (TPSA) is 40.5 Å². The second-order valence-electron chi connectivity index (χ2n) is 2.33. The second-order valence-corrected chi connectivity index (χ2v) is 2.33. The van der Waals surface area contributed by atoms with Gasteiger partial charge in [0.05, 0.1) is 12.2 Å². The highest BCUT2D eigenvalue weighted by Crippen LogP contribution is 2.04. The summed E-state index contributed by atoms with van der Waals surface area (Å²) >= 11 is 0. The predicted molar refractivity (Wildman–Crippen MR) is 40.4 cm³/mol. The first-order valence-corrected chi connectivity index (χ1v) is 3.52. The summed E-state index contributed by atoms with van der Waals surface area (Å²) in [4.78, 5) is 0. The maximum Gasteiger partial charge on any atom is 0.0907 e. The molecule has 0 saturated carbocycles. The fourth-order valence-electron chi connectivity index (χ4n) is 0.745. The molecule has 0 aromatic carbocycles. The Bertz CT molecular complexity index is 115. The van der Waals surface area contributed by atoms with Crippen LogP contribution in [0.4, 0.5) is 0 Å². The van der Waals surface area contributed by atoms with E-state index in [0.717, 1.165) is 6.42 Å². The van der Waals surface area contributed by atoms with Crippen molar-refractivity contribution >= 4 is 0 Å². The number of hydrogen-bond donors (Lipinski definition) is 2. The van der Waals surface area contributed by atoms with Gasteiger partial charge in [-0.1, -0.05) is 13.3 Å². The van der Waals surface area contributed by atoms with Gasteiger partial charge in [0.1, 0.15) is 0 Å². The van der Waals surface area contributed by atoms with Crippen LogP contribution in [0.1, 0.15) is 26.2 Å². The number of aliphatic hydroxyl groups is 2. The van der Waals surface area contributed by atoms with Crippen molar-refractivity contribution in [1.29, 1.82) is 0 Å². The van der Waals surface area contributed by atoms with Gasteiger partial charge in [-0.05, 0) is 6.42 Å². The number of terminal acetylenes is 1. The summed E-state index contributed by atoms with van der Waals surface area (Å²) in [6.07, 6.45) is 5.26. The maximum absolute atomic E-state index is 9.10. The van der Waals surface area contributed by atoms with Gasteiger partial charge in [-0.3, -0.25) is 0 Å². The monoisotopic (exact) mass is 142 g/mol. The van der Waals surface area contributed by atoms with Crippen molar-refractivity contribution in [3.05, 3.63) is 0 Å². The highest BCUT2D eigenvalue weighted by Gasteiger charge is 2.12. The molecule has 0 amide bonds. The van der Waals surface area contributed by atoms with Crippen LogP contribution in [0.3, 0.4) is 0 Å². The summed E-state index contributed by atoms with van der Waals surface area (Å²) in [7, 11) is 0. The molecular formula is C8H14O2. The zero-order valence-electron chi connectivity index (χ0n) is 6.25. The molecule has 0 spiro atoms. The Morgan fingerprint density at radius 2 is 2.00 bits per heavy atom. The Morgan fingerprint density at radius 3 is 2.40 bits per heavy atom. The van der Waals surface area contributed by atoms with Crippen LogP contribution in [-0.2, 0) is 0 Å². The van der Waals surface area contributed by atoms with Crippen LogP contribution in [0.5, 0.6) is 0 Å². The standard InChI is InChI=1S/C8H14O2/c1-3-5-7(9)8(10)6-4-2/h1,7-10H,4-6H2,2H3. The molecular weight excluding hydrogens is 128 g/mol. The lowest BCUT2D eigenvalue weighted by atomic mass is 10.1. The van der Waals surface area contributed by atoms with Crippen molar-refractivity contribution in [3.8, 4) is 12.3 Å². The van der Waals surface area contributed by atoms with Crippen molar-refractivity contribution < 1.29 is 10.2 Å². The minimum atomic E-state index is -0.745. The van der Waals surface area contributed by atoms with Gasteiger partial charge in [-0.15, -0.1) is 12.3 Å². The maximum atomic E-state index is 9.10. The van der Waals surface area contributed by atoms with E-state index in [2.05, 4.69) is 5.92 Å². The number of hydrogen-bond acceptors (Lipinski definition) is 2. The Hall–Kier alpha value is -0.520. The zero-order valence-corrected chi connectivity index (χ0v) is 6.25. The van der Waals surface area contributed by atoms with Crippen LogP contribution in [0.25, 0.3) is 0 Å². The van der Waals surface area contributed by atoms with E-state index in [-0.39, 0.29) is 6.42 Å². The summed E-state index contributed by atoms with van der Waals surface area (Å²) in [5.74, 6) is 2.30. The highest BCUT2D eigenvalue weighted by molar-refractivity contribution is 4.88. The number of aliphatic hydroxyl groups excluding tert-OH is 2. The first-order chi connectivity index (χ1) is 4.72. The largest absolute Gasteiger partial charge is 0.390 e. The average Bonchev–Trinajstić information content (AvgIpc) is 1.89. The Kier molecular flexibility index (Phi) is 5.00. The molecule has 0 saturated heterocycles. The molecule has 0 rings (SSSR count). The van der Waals surface area contributed by atoms with Crippen molar-refractivity contribution in [2.45, 2.75) is 38.4 Å². The van der Waals surface area contributed by atoms with Crippen molar-refractivity contribution in [2.24, 2.45) is 0 Å². The van der Waals surface area contributed by atoms with Gasteiger partial charge < -0.3 is 10.2 Å². The van der Waals surface area contributed by atoms with Gasteiger partial charge in [0.15, 0.2) is 0 Å². The summed E-state index contributed by atoms with van der Waals surface area (Å²) in [6.45, 7) is 1.95. The third-order valence-electron chi connectivity index (χ3n) is 1.36. The molecule has 2 nitrogen and oxygen atoms in total. The molecule has 0 heterocycles. The second kappa shape index (κ2) is 5.28. The summed E-state index contributed by atoms with van der Waals surface area (Å²) in [5.41, 5.74) is 0. The van der Waals surface area contributed by atoms with Gasteiger partial charge in [0, 0.05) is 6.42 Å². The van der Waals surface area contributed by atoms with Crippen LogP contribution >= 0.6 is 0 Å². The third kappa shape index (κ3) is 3.49. The fraction of sp³-hybridized carbons (Fsp3) is 0.750. The van der Waals surface area contributed by atoms with Gasteiger partial charge in [-0.2, -0.15) is 0 Å². The molecule has 2 heteroatoms. The normalized spacial score (nSPS) is 15.8. The van der Waals surface area contributed by atoms with Gasteiger partial charge in [0.2, 0.25) is 0 Å². The van der Waals surface area contributed by atoms with Gasteiger partial charge in [-0.25, -0.2) is 0 Å². The SMILES string of the molecule is C#CCC(O)C(O)CCC. The zero-order chi connectivity index (χ0) is 7.98. The molecule has 2 atom stereocenters. The fourth-order valence-corrected chi connectivity index (χ4v) is 0.745. The summed E-state index contributed by atoms with van der Waals surface area (Å²) in [5, 5.41) is 18.2. The van der Waals surface area contributed by atoms with E-state index in [0.29, 0.717) is 6.42 Å². The third-order valence-corrected chi connectivity index (χ3v) is 1.36. The minimum absolute atomic E-state index is 0.237. The lowest BCUT2D eigenvalue weighted by Crippen LogP contribution is -2.24. The molecule has 0 aliphatic heterocycles. The minimum Gasteiger partial charge on any atom is -0.390 e. The van der Waals surface area contributed by atoms with Crippen molar-refractivity contribution in [1.82, 2.24) is 0 Å².